The molecule has 0 radical (unpaired) electrons. The lowest BCUT2D eigenvalue weighted by atomic mass is 9.79. The largest absolute Gasteiger partial charge is 0.497 e. The van der Waals surface area contributed by atoms with Crippen LogP contribution in [0.3, 0.4) is 0 Å². The second-order valence-electron chi connectivity index (χ2n) is 7.47. The Bertz CT molecular complexity index is 977. The summed E-state index contributed by atoms with van der Waals surface area (Å²) >= 11 is 5.36. The summed E-state index contributed by atoms with van der Waals surface area (Å²) in [5.41, 5.74) is 2.84. The molecule has 4 rings (SSSR count). The summed E-state index contributed by atoms with van der Waals surface area (Å²) in [6.07, 6.45) is 0. The monoisotopic (exact) mass is 397 g/mol. The molecule has 7 heteroatoms. The number of nitrogens with one attached hydrogen (secondary N) is 3. The van der Waals surface area contributed by atoms with Crippen molar-refractivity contribution in [1.29, 1.82) is 0 Å². The summed E-state index contributed by atoms with van der Waals surface area (Å²) in [6.45, 7) is 5.86. The molecule has 2 aliphatic heterocycles. The lowest BCUT2D eigenvalue weighted by Gasteiger charge is -2.50. The molecule has 0 unspecified atom stereocenters. The predicted molar refractivity (Wildman–Crippen MR) is 112 cm³/mol. The number of benzene rings is 2. The summed E-state index contributed by atoms with van der Waals surface area (Å²) in [5, 5.41) is 9.90. The Kier molecular flexibility index (Phi) is 4.42. The van der Waals surface area contributed by atoms with Gasteiger partial charge in [0.1, 0.15) is 17.4 Å². The molecule has 2 heterocycles. The van der Waals surface area contributed by atoms with Crippen molar-refractivity contribution in [3.63, 3.8) is 0 Å². The number of thiocarbonyl (C=S) groups is 1. The highest BCUT2D eigenvalue weighted by Gasteiger charge is 2.54. The van der Waals surface area contributed by atoms with Crippen molar-refractivity contribution in [2.75, 3.05) is 12.4 Å². The van der Waals surface area contributed by atoms with Crippen LogP contribution in [0.25, 0.3) is 0 Å². The number of carbonyl (C=O) groups is 1. The fourth-order valence-corrected chi connectivity index (χ4v) is 4.34. The van der Waals surface area contributed by atoms with E-state index in [0.29, 0.717) is 16.6 Å². The Morgan fingerprint density at radius 2 is 2.04 bits per heavy atom. The fourth-order valence-electron chi connectivity index (χ4n) is 4.01. The molecule has 146 valence electrons. The number of carbonyl (C=O) groups excluding carboxylic acids is 1. The van der Waals surface area contributed by atoms with Crippen LogP contribution in [0.1, 0.15) is 29.7 Å². The minimum atomic E-state index is -0.961. The molecule has 2 bridgehead atoms. The number of aryl methyl sites for hydroxylation is 2. The van der Waals surface area contributed by atoms with Gasteiger partial charge in [-0.2, -0.15) is 0 Å². The Balaban J connectivity index is 1.73. The molecule has 2 aliphatic rings. The van der Waals surface area contributed by atoms with Crippen molar-refractivity contribution in [2.45, 2.75) is 32.5 Å². The Hall–Kier alpha value is -2.80. The third-order valence-corrected chi connectivity index (χ3v) is 5.59. The standard InChI is InChI=1S/C21H23N3O3S/c1-11-5-7-15(12(2)9-11)22-19(25)17-18-14-10-13(26-4)6-8-16(14)27-21(17,3)24-20(28)23-18/h5-10,17-18H,1-4H3,(H,22,25)(H2,23,24,28)/t17-,18-,21+/m0/s1. The van der Waals surface area contributed by atoms with E-state index < -0.39 is 11.6 Å². The minimum Gasteiger partial charge on any atom is -0.497 e. The second-order valence-corrected chi connectivity index (χ2v) is 7.88. The summed E-state index contributed by atoms with van der Waals surface area (Å²) in [4.78, 5) is 13.3. The van der Waals surface area contributed by atoms with Crippen LogP contribution in [-0.2, 0) is 4.79 Å². The molecule has 0 spiro atoms. The van der Waals surface area contributed by atoms with E-state index in [9.17, 15) is 4.79 Å². The smallest absolute Gasteiger partial charge is 0.236 e. The van der Waals surface area contributed by atoms with E-state index in [0.717, 1.165) is 22.4 Å². The third-order valence-electron chi connectivity index (χ3n) is 5.37. The quantitative estimate of drug-likeness (QED) is 0.691. The molecule has 1 fully saturated rings. The van der Waals surface area contributed by atoms with Gasteiger partial charge in [-0.1, -0.05) is 17.7 Å². The van der Waals surface area contributed by atoms with Gasteiger partial charge >= 0.3 is 0 Å². The van der Waals surface area contributed by atoms with E-state index in [4.69, 9.17) is 21.7 Å². The first kappa shape index (κ1) is 18.6. The number of anilines is 1. The van der Waals surface area contributed by atoms with Gasteiger partial charge in [0.15, 0.2) is 10.8 Å². The molecule has 0 saturated carbocycles. The number of hydrogen-bond acceptors (Lipinski definition) is 4. The van der Waals surface area contributed by atoms with Gasteiger partial charge < -0.3 is 25.4 Å². The maximum Gasteiger partial charge on any atom is 0.236 e. The van der Waals surface area contributed by atoms with Gasteiger partial charge in [0.05, 0.1) is 13.2 Å². The highest BCUT2D eigenvalue weighted by molar-refractivity contribution is 7.80. The molecule has 3 N–H and O–H groups in total. The molecule has 6 nitrogen and oxygen atoms in total. The van der Waals surface area contributed by atoms with Crippen LogP contribution in [0.2, 0.25) is 0 Å². The molecular weight excluding hydrogens is 374 g/mol. The molecule has 0 aromatic heterocycles. The van der Waals surface area contributed by atoms with Crippen molar-refractivity contribution in [3.8, 4) is 11.5 Å². The fraction of sp³-hybridized carbons (Fsp3) is 0.333. The highest BCUT2D eigenvalue weighted by Crippen LogP contribution is 2.46. The lowest BCUT2D eigenvalue weighted by molar-refractivity contribution is -0.132. The first-order valence-electron chi connectivity index (χ1n) is 9.14. The van der Waals surface area contributed by atoms with Crippen LogP contribution in [-0.4, -0.2) is 23.9 Å². The van der Waals surface area contributed by atoms with Crippen molar-refractivity contribution in [3.05, 3.63) is 53.1 Å². The normalized spacial score (nSPS) is 24.9. The van der Waals surface area contributed by atoms with Crippen molar-refractivity contribution >= 4 is 28.9 Å². The van der Waals surface area contributed by atoms with Crippen LogP contribution in [0.5, 0.6) is 11.5 Å². The van der Waals surface area contributed by atoms with E-state index in [1.807, 2.05) is 57.2 Å². The van der Waals surface area contributed by atoms with E-state index in [1.54, 1.807) is 7.11 Å². The van der Waals surface area contributed by atoms with Gasteiger partial charge in [-0.3, -0.25) is 4.79 Å². The number of methoxy groups -OCH3 is 1. The maximum atomic E-state index is 13.3. The number of amides is 1. The van der Waals surface area contributed by atoms with Crippen molar-refractivity contribution in [1.82, 2.24) is 10.6 Å². The predicted octanol–water partition coefficient (Wildman–Crippen LogP) is 3.19. The van der Waals surface area contributed by atoms with Crippen molar-refractivity contribution < 1.29 is 14.3 Å². The topological polar surface area (TPSA) is 71.6 Å². The van der Waals surface area contributed by atoms with Crippen LogP contribution in [0.15, 0.2) is 36.4 Å². The number of ether oxygens (including phenoxy) is 2. The summed E-state index contributed by atoms with van der Waals surface area (Å²) in [5.74, 6) is 0.715. The van der Waals surface area contributed by atoms with Gasteiger partial charge in [0.25, 0.3) is 0 Å². The van der Waals surface area contributed by atoms with Gasteiger partial charge in [-0.05, 0) is 62.8 Å². The average Bonchev–Trinajstić information content (AvgIpc) is 2.62. The lowest BCUT2D eigenvalue weighted by Crippen LogP contribution is -2.70. The van der Waals surface area contributed by atoms with Gasteiger partial charge in [0.2, 0.25) is 5.91 Å². The minimum absolute atomic E-state index is 0.143. The number of fused-ring (bicyclic) bond motifs is 4. The highest BCUT2D eigenvalue weighted by atomic mass is 32.1. The zero-order chi connectivity index (χ0) is 20.1. The first-order chi connectivity index (χ1) is 13.3. The molecule has 3 atom stereocenters. The van der Waals surface area contributed by atoms with Crippen LogP contribution < -0.4 is 25.4 Å². The molecule has 2 aromatic carbocycles. The third kappa shape index (κ3) is 3.05. The maximum absolute atomic E-state index is 13.3. The molecular formula is C21H23N3O3S. The SMILES string of the molecule is COc1ccc2c(c1)[C@@H]1NC(=S)N[C@](C)(O2)[C@@H]1C(=O)Nc1ccc(C)cc1C. The number of hydrogen-bond donors (Lipinski definition) is 3. The summed E-state index contributed by atoms with van der Waals surface area (Å²) in [6, 6.07) is 11.2. The average molecular weight is 398 g/mol. The Morgan fingerprint density at radius 3 is 2.75 bits per heavy atom. The van der Waals surface area contributed by atoms with Crippen LogP contribution >= 0.6 is 12.2 Å². The Labute approximate surface area is 169 Å². The van der Waals surface area contributed by atoms with Gasteiger partial charge in [-0.25, -0.2) is 0 Å². The molecule has 1 amide bonds. The van der Waals surface area contributed by atoms with Crippen molar-refractivity contribution in [2.24, 2.45) is 5.92 Å². The summed E-state index contributed by atoms with van der Waals surface area (Å²) in [7, 11) is 1.61. The van der Waals surface area contributed by atoms with E-state index in [2.05, 4.69) is 16.0 Å². The molecule has 1 saturated heterocycles. The van der Waals surface area contributed by atoms with E-state index in [1.165, 1.54) is 0 Å². The van der Waals surface area contributed by atoms with E-state index >= 15 is 0 Å². The summed E-state index contributed by atoms with van der Waals surface area (Å²) < 4.78 is 11.6. The van der Waals surface area contributed by atoms with E-state index in [-0.39, 0.29) is 11.9 Å². The zero-order valence-electron chi connectivity index (χ0n) is 16.3. The second kappa shape index (κ2) is 6.67. The van der Waals surface area contributed by atoms with Gasteiger partial charge in [0, 0.05) is 11.3 Å². The molecule has 0 aliphatic carbocycles. The molecule has 28 heavy (non-hydrogen) atoms. The Morgan fingerprint density at radius 1 is 1.25 bits per heavy atom. The van der Waals surface area contributed by atoms with Crippen LogP contribution in [0, 0.1) is 19.8 Å². The first-order valence-corrected chi connectivity index (χ1v) is 9.55. The van der Waals surface area contributed by atoms with Gasteiger partial charge in [-0.15, -0.1) is 0 Å². The van der Waals surface area contributed by atoms with Crippen LogP contribution in [0.4, 0.5) is 5.69 Å². The molecule has 2 aromatic rings. The zero-order valence-corrected chi connectivity index (χ0v) is 17.1. The number of rotatable bonds is 3.